The van der Waals surface area contributed by atoms with Gasteiger partial charge >= 0.3 is 0 Å². The van der Waals surface area contributed by atoms with E-state index in [-0.39, 0.29) is 19.0 Å². The first kappa shape index (κ1) is 9.11. The van der Waals surface area contributed by atoms with Crippen LogP contribution in [0.2, 0.25) is 0 Å². The molecule has 9 heavy (non-hydrogen) atoms. The predicted octanol–water partition coefficient (Wildman–Crippen LogP) is 1.08. The molecule has 1 N–H and O–H groups in total. The summed E-state index contributed by atoms with van der Waals surface area (Å²) < 4.78 is 24.3. The third kappa shape index (κ3) is 2.06. The maximum Gasteiger partial charge on any atom is 0.152 e. The Morgan fingerprint density at radius 3 is 2.44 bits per heavy atom. The Morgan fingerprint density at radius 1 is 1.56 bits per heavy atom. The zero-order chi connectivity index (χ0) is 6.04. The molecule has 1 heterocycles. The number of alkyl halides is 2. The zero-order valence-corrected chi connectivity index (χ0v) is 5.81. The van der Waals surface area contributed by atoms with Crippen molar-refractivity contribution in [3.05, 3.63) is 0 Å². The third-order valence-electron chi connectivity index (χ3n) is 1.43. The van der Waals surface area contributed by atoms with Crippen LogP contribution in [0.1, 0.15) is 6.42 Å². The molecule has 1 fully saturated rings. The average molecular weight is 158 g/mol. The largest absolute Gasteiger partial charge is 0.313 e. The van der Waals surface area contributed by atoms with Crippen molar-refractivity contribution in [1.29, 1.82) is 0 Å². The lowest BCUT2D eigenvalue weighted by Gasteiger charge is -2.10. The highest BCUT2D eigenvalue weighted by atomic mass is 35.5. The maximum absolute atomic E-state index is 12.6. The molecule has 1 rings (SSSR count). The summed E-state index contributed by atoms with van der Waals surface area (Å²) in [5, 5.41) is 2.75. The van der Waals surface area contributed by atoms with E-state index in [4.69, 9.17) is 0 Å². The highest BCUT2D eigenvalue weighted by molar-refractivity contribution is 5.85. The summed E-state index contributed by atoms with van der Waals surface area (Å²) in [6, 6.07) is 0. The fraction of sp³-hybridized carbons (Fsp3) is 1.00. The van der Waals surface area contributed by atoms with Crippen LogP contribution in [0.25, 0.3) is 0 Å². The van der Waals surface area contributed by atoms with Gasteiger partial charge in [-0.1, -0.05) is 0 Å². The van der Waals surface area contributed by atoms with Crippen LogP contribution in [0.15, 0.2) is 0 Å². The van der Waals surface area contributed by atoms with Crippen LogP contribution in [0.3, 0.4) is 0 Å². The first-order valence-corrected chi connectivity index (χ1v) is 2.72. The van der Waals surface area contributed by atoms with E-state index in [1.807, 2.05) is 0 Å². The number of rotatable bonds is 1. The summed E-state index contributed by atoms with van der Waals surface area (Å²) in [4.78, 5) is 0. The summed E-state index contributed by atoms with van der Waals surface area (Å²) in [5.41, 5.74) is -1.54. The standard InChI is InChI=1S/C5H9F2N.ClH/c6-3-5(7)1-2-8-4-5;/h8H,1-4H2;1H. The zero-order valence-electron chi connectivity index (χ0n) is 4.99. The van der Waals surface area contributed by atoms with Gasteiger partial charge in [0, 0.05) is 6.54 Å². The molecule has 1 aliphatic rings. The topological polar surface area (TPSA) is 12.0 Å². The van der Waals surface area contributed by atoms with E-state index < -0.39 is 12.3 Å². The van der Waals surface area contributed by atoms with E-state index in [1.165, 1.54) is 0 Å². The van der Waals surface area contributed by atoms with E-state index in [0.717, 1.165) is 0 Å². The molecule has 0 aromatic carbocycles. The van der Waals surface area contributed by atoms with Crippen molar-refractivity contribution in [2.24, 2.45) is 0 Å². The summed E-state index contributed by atoms with van der Waals surface area (Å²) in [7, 11) is 0. The van der Waals surface area contributed by atoms with Gasteiger partial charge in [-0.15, -0.1) is 12.4 Å². The molecule has 1 unspecified atom stereocenters. The Morgan fingerprint density at radius 2 is 2.22 bits per heavy atom. The monoisotopic (exact) mass is 157 g/mol. The van der Waals surface area contributed by atoms with Crippen molar-refractivity contribution >= 4 is 12.4 Å². The van der Waals surface area contributed by atoms with Gasteiger partial charge in [-0.3, -0.25) is 0 Å². The van der Waals surface area contributed by atoms with Crippen molar-refractivity contribution in [2.45, 2.75) is 12.1 Å². The molecule has 1 aliphatic heterocycles. The summed E-state index contributed by atoms with van der Waals surface area (Å²) >= 11 is 0. The lowest BCUT2D eigenvalue weighted by molar-refractivity contribution is 0.143. The Labute approximate surface area is 59.2 Å². The Bertz CT molecular complexity index is 83.0. The van der Waals surface area contributed by atoms with Gasteiger partial charge in [0.1, 0.15) is 6.67 Å². The molecule has 0 aromatic rings. The van der Waals surface area contributed by atoms with Crippen LogP contribution in [0.4, 0.5) is 8.78 Å². The molecular weight excluding hydrogens is 148 g/mol. The first-order chi connectivity index (χ1) is 3.77. The lowest BCUT2D eigenvalue weighted by Crippen LogP contribution is -2.27. The van der Waals surface area contributed by atoms with Crippen LogP contribution in [0.5, 0.6) is 0 Å². The maximum atomic E-state index is 12.6. The highest BCUT2D eigenvalue weighted by Crippen LogP contribution is 2.19. The Balaban J connectivity index is 0.000000640. The van der Waals surface area contributed by atoms with Crippen LogP contribution >= 0.6 is 12.4 Å². The van der Waals surface area contributed by atoms with E-state index in [2.05, 4.69) is 5.32 Å². The molecule has 0 aromatic heterocycles. The second kappa shape index (κ2) is 3.32. The molecule has 1 nitrogen and oxygen atoms in total. The van der Waals surface area contributed by atoms with Crippen molar-refractivity contribution < 1.29 is 8.78 Å². The van der Waals surface area contributed by atoms with Crippen molar-refractivity contribution in [1.82, 2.24) is 5.32 Å². The minimum Gasteiger partial charge on any atom is -0.313 e. The molecule has 4 heteroatoms. The molecule has 56 valence electrons. The third-order valence-corrected chi connectivity index (χ3v) is 1.43. The van der Waals surface area contributed by atoms with Gasteiger partial charge < -0.3 is 5.32 Å². The smallest absolute Gasteiger partial charge is 0.152 e. The lowest BCUT2D eigenvalue weighted by atomic mass is 10.1. The highest BCUT2D eigenvalue weighted by Gasteiger charge is 2.33. The van der Waals surface area contributed by atoms with Gasteiger partial charge in [-0.05, 0) is 13.0 Å². The summed E-state index contributed by atoms with van der Waals surface area (Å²) in [6.07, 6.45) is 0.323. The number of hydrogen-bond donors (Lipinski definition) is 1. The van der Waals surface area contributed by atoms with Gasteiger partial charge in [0.2, 0.25) is 0 Å². The Hall–Kier alpha value is 0.110. The quantitative estimate of drug-likeness (QED) is 0.601. The second-order valence-electron chi connectivity index (χ2n) is 2.21. The fourth-order valence-corrected chi connectivity index (χ4v) is 0.827. The first-order valence-electron chi connectivity index (χ1n) is 2.72. The van der Waals surface area contributed by atoms with E-state index in [9.17, 15) is 8.78 Å². The summed E-state index contributed by atoms with van der Waals surface area (Å²) in [5.74, 6) is 0. The molecule has 0 saturated carbocycles. The predicted molar refractivity (Wildman–Crippen MR) is 34.5 cm³/mol. The number of hydrogen-bond acceptors (Lipinski definition) is 1. The number of halogens is 3. The van der Waals surface area contributed by atoms with Gasteiger partial charge in [-0.2, -0.15) is 0 Å². The molecule has 0 amide bonds. The SMILES string of the molecule is Cl.FCC1(F)CCNC1. The molecule has 1 atom stereocenters. The van der Waals surface area contributed by atoms with Crippen LogP contribution in [-0.4, -0.2) is 25.4 Å². The molecule has 0 bridgehead atoms. The van der Waals surface area contributed by atoms with Gasteiger partial charge in [0.05, 0.1) is 0 Å². The van der Waals surface area contributed by atoms with E-state index in [1.54, 1.807) is 0 Å². The van der Waals surface area contributed by atoms with E-state index in [0.29, 0.717) is 13.0 Å². The average Bonchev–Trinajstić information content (AvgIpc) is 2.17. The minimum atomic E-state index is -1.54. The van der Waals surface area contributed by atoms with Crippen molar-refractivity contribution in [3.8, 4) is 0 Å². The minimum absolute atomic E-state index is 0. The normalized spacial score (nSPS) is 34.0. The van der Waals surface area contributed by atoms with Crippen LogP contribution in [-0.2, 0) is 0 Å². The van der Waals surface area contributed by atoms with Gasteiger partial charge in [0.25, 0.3) is 0 Å². The van der Waals surface area contributed by atoms with Crippen molar-refractivity contribution in [2.75, 3.05) is 19.8 Å². The fourth-order valence-electron chi connectivity index (χ4n) is 0.827. The molecule has 0 aliphatic carbocycles. The molecule has 1 saturated heterocycles. The van der Waals surface area contributed by atoms with Crippen LogP contribution < -0.4 is 5.32 Å². The van der Waals surface area contributed by atoms with Gasteiger partial charge in [0.15, 0.2) is 5.67 Å². The van der Waals surface area contributed by atoms with Crippen LogP contribution in [0, 0.1) is 0 Å². The Kier molecular flexibility index (Phi) is 3.36. The van der Waals surface area contributed by atoms with Crippen molar-refractivity contribution in [3.63, 3.8) is 0 Å². The van der Waals surface area contributed by atoms with E-state index >= 15 is 0 Å². The number of nitrogens with one attached hydrogen (secondary N) is 1. The van der Waals surface area contributed by atoms with Gasteiger partial charge in [-0.25, -0.2) is 8.78 Å². The second-order valence-corrected chi connectivity index (χ2v) is 2.21. The molecule has 0 spiro atoms. The summed E-state index contributed by atoms with van der Waals surface area (Å²) in [6.45, 7) is -0.0517. The molecule has 0 radical (unpaired) electrons. The molecular formula is C5H10ClF2N.